The number of hydrogen-bond acceptors (Lipinski definition) is 6. The molecule has 0 aliphatic heterocycles. The lowest BCUT2D eigenvalue weighted by Crippen LogP contribution is -1.96. The van der Waals surface area contributed by atoms with Crippen LogP contribution in [0.15, 0.2) is 12.1 Å². The van der Waals surface area contributed by atoms with Gasteiger partial charge in [-0.25, -0.2) is 4.98 Å². The standard InChI is InChI=1S/C10H10N6S/c1-5-3-4-7-13-14-9(16(7)15-5)8-6(2)12-10(11)17-8/h3-4H,1-2H3,(H2,11,12). The van der Waals surface area contributed by atoms with E-state index >= 15 is 0 Å². The van der Waals surface area contributed by atoms with E-state index in [2.05, 4.69) is 20.3 Å². The highest BCUT2D eigenvalue weighted by Crippen LogP contribution is 2.29. The highest BCUT2D eigenvalue weighted by molar-refractivity contribution is 7.18. The molecule has 17 heavy (non-hydrogen) atoms. The summed E-state index contributed by atoms with van der Waals surface area (Å²) in [7, 11) is 0. The molecule has 3 heterocycles. The van der Waals surface area contributed by atoms with Crippen LogP contribution in [0.25, 0.3) is 16.3 Å². The van der Waals surface area contributed by atoms with E-state index in [0.717, 1.165) is 21.9 Å². The first-order valence-corrected chi connectivity index (χ1v) is 5.89. The minimum Gasteiger partial charge on any atom is -0.375 e. The van der Waals surface area contributed by atoms with Gasteiger partial charge in [-0.2, -0.15) is 9.61 Å². The van der Waals surface area contributed by atoms with Crippen LogP contribution in [0, 0.1) is 13.8 Å². The summed E-state index contributed by atoms with van der Waals surface area (Å²) in [5.41, 5.74) is 8.17. The minimum absolute atomic E-state index is 0.530. The van der Waals surface area contributed by atoms with Gasteiger partial charge >= 0.3 is 0 Å². The van der Waals surface area contributed by atoms with E-state index in [1.165, 1.54) is 11.3 Å². The fourth-order valence-corrected chi connectivity index (χ4v) is 2.45. The molecule has 0 aliphatic carbocycles. The van der Waals surface area contributed by atoms with Crippen LogP contribution in [0.5, 0.6) is 0 Å². The van der Waals surface area contributed by atoms with Crippen molar-refractivity contribution in [3.05, 3.63) is 23.5 Å². The van der Waals surface area contributed by atoms with Crippen molar-refractivity contribution in [1.29, 1.82) is 0 Å². The number of nitrogens with zero attached hydrogens (tertiary/aromatic N) is 5. The second kappa shape index (κ2) is 3.49. The molecule has 0 radical (unpaired) electrons. The molecule has 3 aromatic rings. The van der Waals surface area contributed by atoms with Gasteiger partial charge in [0.2, 0.25) is 0 Å². The van der Waals surface area contributed by atoms with Crippen LogP contribution in [0.4, 0.5) is 5.13 Å². The predicted molar refractivity (Wildman–Crippen MR) is 65.8 cm³/mol. The summed E-state index contributed by atoms with van der Waals surface area (Å²) in [6, 6.07) is 3.79. The Morgan fingerprint density at radius 2 is 2.06 bits per heavy atom. The molecule has 0 saturated heterocycles. The maximum atomic E-state index is 5.69. The maximum absolute atomic E-state index is 5.69. The normalized spacial score (nSPS) is 11.2. The summed E-state index contributed by atoms with van der Waals surface area (Å²) in [6.07, 6.45) is 0. The number of nitrogen functional groups attached to an aromatic ring is 1. The largest absolute Gasteiger partial charge is 0.375 e. The molecule has 0 amide bonds. The molecule has 0 fully saturated rings. The van der Waals surface area contributed by atoms with Crippen molar-refractivity contribution in [2.75, 3.05) is 5.73 Å². The van der Waals surface area contributed by atoms with Gasteiger partial charge in [-0.3, -0.25) is 0 Å². The lowest BCUT2D eigenvalue weighted by molar-refractivity contribution is 0.902. The SMILES string of the molecule is Cc1ccc2nnc(-c3sc(N)nc3C)n2n1. The van der Waals surface area contributed by atoms with Crippen LogP contribution in [-0.4, -0.2) is 24.8 Å². The molecular formula is C10H10N6S. The highest BCUT2D eigenvalue weighted by Gasteiger charge is 2.15. The Labute approximate surface area is 101 Å². The highest BCUT2D eigenvalue weighted by atomic mass is 32.1. The maximum Gasteiger partial charge on any atom is 0.197 e. The van der Waals surface area contributed by atoms with Crippen LogP contribution >= 0.6 is 11.3 Å². The van der Waals surface area contributed by atoms with E-state index < -0.39 is 0 Å². The van der Waals surface area contributed by atoms with Gasteiger partial charge in [-0.1, -0.05) is 11.3 Å². The van der Waals surface area contributed by atoms with Crippen LogP contribution in [0.1, 0.15) is 11.4 Å². The van der Waals surface area contributed by atoms with E-state index in [0.29, 0.717) is 11.0 Å². The molecular weight excluding hydrogens is 236 g/mol. The van der Waals surface area contributed by atoms with Gasteiger partial charge in [0.05, 0.1) is 16.3 Å². The predicted octanol–water partition coefficient (Wildman–Crippen LogP) is 1.45. The Hall–Kier alpha value is -2.02. The topological polar surface area (TPSA) is 82.0 Å². The Morgan fingerprint density at radius 1 is 1.24 bits per heavy atom. The van der Waals surface area contributed by atoms with Crippen molar-refractivity contribution in [3.63, 3.8) is 0 Å². The molecule has 0 atom stereocenters. The second-order valence-electron chi connectivity index (χ2n) is 3.73. The molecule has 0 spiro atoms. The summed E-state index contributed by atoms with van der Waals surface area (Å²) in [6.45, 7) is 3.83. The van der Waals surface area contributed by atoms with Crippen molar-refractivity contribution in [2.45, 2.75) is 13.8 Å². The van der Waals surface area contributed by atoms with Crippen LogP contribution in [0.2, 0.25) is 0 Å². The average molecular weight is 246 g/mol. The molecule has 86 valence electrons. The van der Waals surface area contributed by atoms with E-state index in [-0.39, 0.29) is 0 Å². The summed E-state index contributed by atoms with van der Waals surface area (Å²) >= 11 is 1.40. The van der Waals surface area contributed by atoms with Crippen LogP contribution in [-0.2, 0) is 0 Å². The zero-order chi connectivity index (χ0) is 12.0. The fourth-order valence-electron chi connectivity index (χ4n) is 1.65. The first-order valence-electron chi connectivity index (χ1n) is 5.07. The lowest BCUT2D eigenvalue weighted by Gasteiger charge is -1.97. The summed E-state index contributed by atoms with van der Waals surface area (Å²) in [5.74, 6) is 0.690. The van der Waals surface area contributed by atoms with Crippen molar-refractivity contribution in [1.82, 2.24) is 24.8 Å². The van der Waals surface area contributed by atoms with Crippen LogP contribution < -0.4 is 5.73 Å². The van der Waals surface area contributed by atoms with Gasteiger partial charge in [-0.05, 0) is 26.0 Å². The molecule has 0 saturated carbocycles. The third-order valence-corrected chi connectivity index (χ3v) is 3.39. The molecule has 0 unspecified atom stereocenters. The van der Waals surface area contributed by atoms with E-state index in [9.17, 15) is 0 Å². The first kappa shape index (κ1) is 10.2. The monoisotopic (exact) mass is 246 g/mol. The number of anilines is 1. The Balaban J connectivity index is 2.30. The number of hydrogen-bond donors (Lipinski definition) is 1. The van der Waals surface area contributed by atoms with Crippen molar-refractivity contribution >= 4 is 22.1 Å². The third kappa shape index (κ3) is 1.55. The van der Waals surface area contributed by atoms with E-state index in [1.54, 1.807) is 4.52 Å². The number of aromatic nitrogens is 5. The quantitative estimate of drug-likeness (QED) is 0.702. The van der Waals surface area contributed by atoms with Gasteiger partial charge < -0.3 is 5.73 Å². The number of fused-ring (bicyclic) bond motifs is 1. The van der Waals surface area contributed by atoms with Crippen LogP contribution in [0.3, 0.4) is 0 Å². The summed E-state index contributed by atoms with van der Waals surface area (Å²) in [5, 5.41) is 13.1. The molecule has 3 rings (SSSR count). The molecule has 0 aliphatic rings. The molecule has 6 nitrogen and oxygen atoms in total. The van der Waals surface area contributed by atoms with Gasteiger partial charge in [0.15, 0.2) is 16.6 Å². The third-order valence-electron chi connectivity index (χ3n) is 2.41. The van der Waals surface area contributed by atoms with Gasteiger partial charge in [0.1, 0.15) is 0 Å². The molecule has 0 bridgehead atoms. The van der Waals surface area contributed by atoms with E-state index in [4.69, 9.17) is 5.73 Å². The number of thiazole rings is 1. The second-order valence-corrected chi connectivity index (χ2v) is 4.77. The zero-order valence-corrected chi connectivity index (χ0v) is 10.2. The van der Waals surface area contributed by atoms with Crippen molar-refractivity contribution in [3.8, 4) is 10.7 Å². The summed E-state index contributed by atoms with van der Waals surface area (Å²) < 4.78 is 1.72. The Bertz CT molecular complexity index is 698. The summed E-state index contributed by atoms with van der Waals surface area (Å²) in [4.78, 5) is 5.09. The van der Waals surface area contributed by atoms with Crippen molar-refractivity contribution in [2.24, 2.45) is 0 Å². The average Bonchev–Trinajstić information content (AvgIpc) is 2.81. The smallest absolute Gasteiger partial charge is 0.197 e. The van der Waals surface area contributed by atoms with Crippen molar-refractivity contribution < 1.29 is 0 Å². The number of aryl methyl sites for hydroxylation is 2. The number of rotatable bonds is 1. The number of nitrogens with two attached hydrogens (primary N) is 1. The molecule has 7 heteroatoms. The molecule has 3 aromatic heterocycles. The fraction of sp³-hybridized carbons (Fsp3) is 0.200. The Kier molecular flexibility index (Phi) is 2.08. The molecule has 0 aromatic carbocycles. The lowest BCUT2D eigenvalue weighted by atomic mass is 10.4. The van der Waals surface area contributed by atoms with E-state index in [1.807, 2.05) is 26.0 Å². The van der Waals surface area contributed by atoms with Gasteiger partial charge in [0, 0.05) is 0 Å². The van der Waals surface area contributed by atoms with Gasteiger partial charge in [0.25, 0.3) is 0 Å². The zero-order valence-electron chi connectivity index (χ0n) is 9.38. The molecule has 2 N–H and O–H groups in total. The van der Waals surface area contributed by atoms with Gasteiger partial charge in [-0.15, -0.1) is 10.2 Å². The minimum atomic E-state index is 0.530. The first-order chi connectivity index (χ1) is 8.15. The Morgan fingerprint density at radius 3 is 2.76 bits per heavy atom.